The Morgan fingerprint density at radius 2 is 1.64 bits per heavy atom. The molecule has 2 unspecified atom stereocenters. The predicted octanol–water partition coefficient (Wildman–Crippen LogP) is 3.32. The second-order valence-corrected chi connectivity index (χ2v) is 9.57. The number of aliphatic hydroxyl groups is 1. The summed E-state index contributed by atoms with van der Waals surface area (Å²) in [4.78, 5) is 29.3. The van der Waals surface area contributed by atoms with E-state index in [0.717, 1.165) is 22.4 Å². The zero-order chi connectivity index (χ0) is 27.5. The maximum atomic E-state index is 13.1. The van der Waals surface area contributed by atoms with E-state index in [1.807, 2.05) is 86.6 Å². The molecule has 0 saturated carbocycles. The van der Waals surface area contributed by atoms with Crippen LogP contribution < -0.4 is 16.5 Å². The summed E-state index contributed by atoms with van der Waals surface area (Å²) in [6.07, 6.45) is 0.485. The molecule has 0 aliphatic heterocycles. The van der Waals surface area contributed by atoms with E-state index in [4.69, 9.17) is 5.84 Å². The molecule has 3 aromatic rings. The smallest absolute Gasteiger partial charge is 0.407 e. The van der Waals surface area contributed by atoms with E-state index in [9.17, 15) is 14.7 Å². The number of hydrogen-bond donors (Lipinski definition) is 4. The van der Waals surface area contributed by atoms with Gasteiger partial charge in [-0.15, -0.1) is 12.4 Å². The van der Waals surface area contributed by atoms with Crippen LogP contribution in [0.5, 0.6) is 0 Å². The number of amides is 2. The van der Waals surface area contributed by atoms with Gasteiger partial charge in [0, 0.05) is 24.8 Å². The number of hydrazine groups is 1. The summed E-state index contributed by atoms with van der Waals surface area (Å²) in [5.74, 6) is 5.69. The Morgan fingerprint density at radius 1 is 0.974 bits per heavy atom. The fourth-order valence-electron chi connectivity index (χ4n) is 4.13. The molecule has 0 aliphatic carbocycles. The van der Waals surface area contributed by atoms with Crippen molar-refractivity contribution in [3.05, 3.63) is 90.1 Å². The minimum absolute atomic E-state index is 0. The number of pyridine rings is 1. The maximum absolute atomic E-state index is 13.1. The lowest BCUT2D eigenvalue weighted by molar-refractivity contribution is -0.125. The molecule has 0 spiro atoms. The minimum atomic E-state index is -0.970. The molecule has 0 bridgehead atoms. The molecule has 10 heteroatoms. The number of aliphatic hydroxyl groups excluding tert-OH is 1. The first-order chi connectivity index (χ1) is 18.3. The van der Waals surface area contributed by atoms with Crippen molar-refractivity contribution in [1.29, 1.82) is 0 Å². The Morgan fingerprint density at radius 3 is 2.23 bits per heavy atom. The van der Waals surface area contributed by atoms with Gasteiger partial charge < -0.3 is 20.5 Å². The van der Waals surface area contributed by atoms with Crippen molar-refractivity contribution in [2.45, 2.75) is 45.0 Å². The summed E-state index contributed by atoms with van der Waals surface area (Å²) in [6.45, 7) is 4.17. The van der Waals surface area contributed by atoms with Crippen LogP contribution in [-0.4, -0.2) is 58.9 Å². The maximum Gasteiger partial charge on any atom is 0.407 e. The second kappa shape index (κ2) is 15.8. The monoisotopic (exact) mass is 555 g/mol. The molecule has 0 aliphatic rings. The Balaban J connectivity index is 0.00000533. The lowest BCUT2D eigenvalue weighted by atomic mass is 9.98. The first kappa shape index (κ1) is 31.7. The number of nitrogens with two attached hydrogens (primary N) is 1. The molecule has 210 valence electrons. The van der Waals surface area contributed by atoms with Gasteiger partial charge in [-0.3, -0.25) is 15.6 Å². The van der Waals surface area contributed by atoms with Gasteiger partial charge in [-0.1, -0.05) is 74.5 Å². The van der Waals surface area contributed by atoms with Gasteiger partial charge in [0.05, 0.1) is 24.9 Å². The average Bonchev–Trinajstić information content (AvgIpc) is 2.92. The number of nitrogens with one attached hydrogen (secondary N) is 2. The van der Waals surface area contributed by atoms with E-state index < -0.39 is 30.2 Å². The molecular formula is C29H38ClN5O4. The van der Waals surface area contributed by atoms with Crippen LogP contribution in [0.4, 0.5) is 4.79 Å². The van der Waals surface area contributed by atoms with E-state index in [1.54, 1.807) is 6.20 Å². The Hall–Kier alpha value is -3.50. The minimum Gasteiger partial charge on any atom is -0.453 e. The fraction of sp³-hybridized carbons (Fsp3) is 0.345. The molecule has 0 saturated heterocycles. The average molecular weight is 556 g/mol. The number of alkyl carbamates (subject to hydrolysis) is 1. The van der Waals surface area contributed by atoms with Crippen LogP contribution in [0.2, 0.25) is 0 Å². The number of hydrogen-bond acceptors (Lipinski definition) is 7. The lowest BCUT2D eigenvalue weighted by Crippen LogP contribution is -2.56. The SMILES string of the molecule is COC(=O)N[C@H](C(=O)NC(Cc1ccccc1)C(O)CN(N)Cc1ccc(-c2ccccn2)cc1)C(C)C.Cl. The van der Waals surface area contributed by atoms with Gasteiger partial charge in [-0.25, -0.2) is 9.80 Å². The number of ether oxygens (including phenoxy) is 1. The standard InChI is InChI=1S/C29H37N5O4.ClH/c1-20(2)27(33-29(37)38-3)28(36)32-25(17-21-9-5-4-6-10-21)26(35)19-34(30)18-22-12-14-23(15-13-22)24-11-7-8-16-31-24;/h4-16,20,25-27,35H,17-19,30H2,1-3H3,(H,32,36)(H,33,37);1H/t25?,26?,27-;/m0./s1. The highest BCUT2D eigenvalue weighted by Crippen LogP contribution is 2.17. The number of carbonyl (C=O) groups excluding carboxylic acids is 2. The van der Waals surface area contributed by atoms with Gasteiger partial charge in [0.25, 0.3) is 0 Å². The Kier molecular flexibility index (Phi) is 12.9. The van der Waals surface area contributed by atoms with E-state index in [-0.39, 0.29) is 24.9 Å². The van der Waals surface area contributed by atoms with Crippen molar-refractivity contribution in [1.82, 2.24) is 20.6 Å². The van der Waals surface area contributed by atoms with Crippen molar-refractivity contribution in [3.8, 4) is 11.3 Å². The molecule has 9 nitrogen and oxygen atoms in total. The zero-order valence-electron chi connectivity index (χ0n) is 22.5. The van der Waals surface area contributed by atoms with Crippen molar-refractivity contribution >= 4 is 24.4 Å². The molecule has 5 N–H and O–H groups in total. The van der Waals surface area contributed by atoms with Gasteiger partial charge in [-0.05, 0) is 35.6 Å². The second-order valence-electron chi connectivity index (χ2n) is 9.57. The van der Waals surface area contributed by atoms with Crippen molar-refractivity contribution in [2.24, 2.45) is 11.8 Å². The lowest BCUT2D eigenvalue weighted by Gasteiger charge is -2.30. The molecule has 3 rings (SSSR count). The van der Waals surface area contributed by atoms with Gasteiger partial charge >= 0.3 is 6.09 Å². The van der Waals surface area contributed by atoms with Crippen LogP contribution in [0, 0.1) is 5.92 Å². The number of carbonyl (C=O) groups is 2. The molecule has 1 heterocycles. The summed E-state index contributed by atoms with van der Waals surface area (Å²) in [5.41, 5.74) is 3.82. The third-order valence-electron chi connectivity index (χ3n) is 6.22. The summed E-state index contributed by atoms with van der Waals surface area (Å²) in [7, 11) is 1.24. The van der Waals surface area contributed by atoms with Crippen LogP contribution in [0.3, 0.4) is 0 Å². The fourth-order valence-corrected chi connectivity index (χ4v) is 4.13. The highest BCUT2D eigenvalue weighted by Gasteiger charge is 2.30. The number of halogens is 1. The van der Waals surface area contributed by atoms with Crippen LogP contribution in [0.15, 0.2) is 79.0 Å². The topological polar surface area (TPSA) is 130 Å². The van der Waals surface area contributed by atoms with Crippen LogP contribution >= 0.6 is 12.4 Å². The largest absolute Gasteiger partial charge is 0.453 e. The van der Waals surface area contributed by atoms with Crippen molar-refractivity contribution < 1.29 is 19.4 Å². The number of methoxy groups -OCH3 is 1. The molecule has 0 radical (unpaired) electrons. The molecule has 2 amide bonds. The van der Waals surface area contributed by atoms with E-state index in [1.165, 1.54) is 12.1 Å². The number of nitrogens with zero attached hydrogens (tertiary/aromatic N) is 2. The molecule has 1 aromatic heterocycles. The number of rotatable bonds is 12. The third kappa shape index (κ3) is 9.96. The van der Waals surface area contributed by atoms with E-state index in [0.29, 0.717) is 13.0 Å². The first-order valence-electron chi connectivity index (χ1n) is 12.6. The summed E-state index contributed by atoms with van der Waals surface area (Å²) < 4.78 is 4.66. The predicted molar refractivity (Wildman–Crippen MR) is 154 cm³/mol. The summed E-state index contributed by atoms with van der Waals surface area (Å²) >= 11 is 0. The normalized spacial score (nSPS) is 13.2. The van der Waals surface area contributed by atoms with Gasteiger partial charge in [-0.2, -0.15) is 0 Å². The third-order valence-corrected chi connectivity index (χ3v) is 6.22. The zero-order valence-corrected chi connectivity index (χ0v) is 23.3. The molecule has 39 heavy (non-hydrogen) atoms. The number of benzene rings is 2. The number of aromatic nitrogens is 1. The molecule has 2 aromatic carbocycles. The van der Waals surface area contributed by atoms with Crippen LogP contribution in [-0.2, 0) is 22.5 Å². The van der Waals surface area contributed by atoms with E-state index in [2.05, 4.69) is 20.4 Å². The van der Waals surface area contributed by atoms with Gasteiger partial charge in [0.2, 0.25) is 5.91 Å². The van der Waals surface area contributed by atoms with E-state index >= 15 is 0 Å². The van der Waals surface area contributed by atoms with Crippen LogP contribution in [0.25, 0.3) is 11.3 Å². The van der Waals surface area contributed by atoms with Crippen LogP contribution in [0.1, 0.15) is 25.0 Å². The van der Waals surface area contributed by atoms with Crippen molar-refractivity contribution in [2.75, 3.05) is 13.7 Å². The highest BCUT2D eigenvalue weighted by molar-refractivity contribution is 5.86. The highest BCUT2D eigenvalue weighted by atomic mass is 35.5. The first-order valence-corrected chi connectivity index (χ1v) is 12.6. The quantitative estimate of drug-likeness (QED) is 0.199. The molecule has 3 atom stereocenters. The summed E-state index contributed by atoms with van der Waals surface area (Å²) in [6, 6.07) is 21.8. The summed E-state index contributed by atoms with van der Waals surface area (Å²) in [5, 5.41) is 18.2. The Bertz CT molecular complexity index is 1150. The molecular weight excluding hydrogens is 518 g/mol. The van der Waals surface area contributed by atoms with Crippen molar-refractivity contribution in [3.63, 3.8) is 0 Å². The Labute approximate surface area is 236 Å². The molecule has 0 fully saturated rings. The van der Waals surface area contributed by atoms with Gasteiger partial charge in [0.15, 0.2) is 0 Å². The van der Waals surface area contributed by atoms with Gasteiger partial charge in [0.1, 0.15) is 6.04 Å².